The maximum Gasteiger partial charge on any atom is 0.253 e. The molecule has 0 bridgehead atoms. The number of aryl methyl sites for hydroxylation is 3. The molecule has 0 radical (unpaired) electrons. The summed E-state index contributed by atoms with van der Waals surface area (Å²) >= 11 is 7.07. The monoisotopic (exact) mass is 487 g/mol. The lowest BCUT2D eigenvalue weighted by Crippen LogP contribution is -2.14. The van der Waals surface area contributed by atoms with Gasteiger partial charge in [-0.2, -0.15) is 4.98 Å². The van der Waals surface area contributed by atoms with Crippen LogP contribution >= 0.6 is 23.4 Å². The number of rotatable bonds is 6. The van der Waals surface area contributed by atoms with Crippen molar-refractivity contribution in [2.45, 2.75) is 32.3 Å². The van der Waals surface area contributed by atoms with Gasteiger partial charge in [-0.15, -0.1) is 5.10 Å². The van der Waals surface area contributed by atoms with Gasteiger partial charge in [0.05, 0.1) is 10.8 Å². The molecule has 1 amide bonds. The van der Waals surface area contributed by atoms with Crippen LogP contribution in [0, 0.1) is 32.4 Å². The molecule has 0 aliphatic carbocycles. The summed E-state index contributed by atoms with van der Waals surface area (Å²) in [5, 5.41) is 7.61. The number of fused-ring (bicyclic) bond motifs is 1. The lowest BCUT2D eigenvalue weighted by molar-refractivity contribution is -0.113. The third-order valence-corrected chi connectivity index (χ3v) is 6.31. The van der Waals surface area contributed by atoms with Crippen LogP contribution < -0.4 is 5.32 Å². The standard InChI is InChI=1S/C23H20ClF2N5OS/c1-12-4-6-16(10-20(12)26)28-21(32)11-33-23-29-22-27-13(2)17(14(3)31(22)30-23)8-15-5-7-19(25)18(24)9-15/h4-7,9-10H,8,11H2,1-3H3,(H,28,32). The van der Waals surface area contributed by atoms with Gasteiger partial charge in [-0.05, 0) is 61.7 Å². The summed E-state index contributed by atoms with van der Waals surface area (Å²) in [6.07, 6.45) is 0.512. The Bertz CT molecular complexity index is 1370. The molecule has 0 spiro atoms. The molecule has 1 N–H and O–H groups in total. The van der Waals surface area contributed by atoms with E-state index in [0.29, 0.717) is 28.6 Å². The molecule has 33 heavy (non-hydrogen) atoms. The van der Waals surface area contributed by atoms with E-state index >= 15 is 0 Å². The van der Waals surface area contributed by atoms with Gasteiger partial charge in [-0.3, -0.25) is 4.79 Å². The highest BCUT2D eigenvalue weighted by Crippen LogP contribution is 2.23. The van der Waals surface area contributed by atoms with E-state index in [1.165, 1.54) is 12.1 Å². The van der Waals surface area contributed by atoms with Crippen molar-refractivity contribution in [1.82, 2.24) is 19.6 Å². The number of halogens is 3. The maximum absolute atomic E-state index is 13.7. The van der Waals surface area contributed by atoms with E-state index in [1.807, 2.05) is 13.8 Å². The first-order valence-electron chi connectivity index (χ1n) is 10.1. The van der Waals surface area contributed by atoms with Crippen molar-refractivity contribution in [2.24, 2.45) is 0 Å². The van der Waals surface area contributed by atoms with E-state index < -0.39 is 5.82 Å². The number of thioether (sulfide) groups is 1. The van der Waals surface area contributed by atoms with Crippen LogP contribution in [0.2, 0.25) is 5.02 Å². The van der Waals surface area contributed by atoms with Gasteiger partial charge in [0.2, 0.25) is 11.1 Å². The van der Waals surface area contributed by atoms with Crippen LogP contribution in [0.4, 0.5) is 14.5 Å². The Kier molecular flexibility index (Phi) is 6.62. The van der Waals surface area contributed by atoms with Crippen molar-refractivity contribution < 1.29 is 13.6 Å². The molecule has 0 unspecified atom stereocenters. The minimum atomic E-state index is -0.461. The predicted octanol–water partition coefficient (Wildman–Crippen LogP) is 5.30. The van der Waals surface area contributed by atoms with Gasteiger partial charge >= 0.3 is 0 Å². The number of nitrogens with zero attached hydrogens (tertiary/aromatic N) is 4. The summed E-state index contributed by atoms with van der Waals surface area (Å²) in [7, 11) is 0. The molecule has 0 saturated carbocycles. The molecule has 0 aliphatic rings. The number of hydrogen-bond donors (Lipinski definition) is 1. The van der Waals surface area contributed by atoms with Crippen molar-refractivity contribution >= 4 is 40.7 Å². The zero-order chi connectivity index (χ0) is 23.7. The first-order chi connectivity index (χ1) is 15.7. The smallest absolute Gasteiger partial charge is 0.253 e. The Morgan fingerprint density at radius 1 is 1.09 bits per heavy atom. The van der Waals surface area contributed by atoms with Crippen LogP contribution in [-0.2, 0) is 11.2 Å². The average Bonchev–Trinajstić information content (AvgIpc) is 3.18. The topological polar surface area (TPSA) is 72.2 Å². The van der Waals surface area contributed by atoms with Crippen molar-refractivity contribution in [3.8, 4) is 0 Å². The fraction of sp³-hybridized carbons (Fsp3) is 0.217. The summed E-state index contributed by atoms with van der Waals surface area (Å²) < 4.78 is 28.8. The van der Waals surface area contributed by atoms with Crippen LogP contribution in [0.25, 0.3) is 5.78 Å². The second-order valence-corrected chi connectivity index (χ2v) is 8.94. The minimum absolute atomic E-state index is 0.0609. The van der Waals surface area contributed by atoms with Gasteiger partial charge in [0.1, 0.15) is 11.6 Å². The number of carbonyl (C=O) groups excluding carboxylic acids is 1. The predicted molar refractivity (Wildman–Crippen MR) is 125 cm³/mol. The van der Waals surface area contributed by atoms with Crippen LogP contribution in [0.1, 0.15) is 28.1 Å². The summed E-state index contributed by atoms with van der Waals surface area (Å²) in [6, 6.07) is 9.17. The first-order valence-corrected chi connectivity index (χ1v) is 11.4. The Morgan fingerprint density at radius 3 is 2.61 bits per heavy atom. The number of amides is 1. The summed E-state index contributed by atoms with van der Waals surface area (Å²) in [6.45, 7) is 5.44. The maximum atomic E-state index is 13.7. The van der Waals surface area contributed by atoms with Crippen LogP contribution in [0.5, 0.6) is 0 Å². The number of nitrogens with one attached hydrogen (secondary N) is 1. The highest BCUT2D eigenvalue weighted by atomic mass is 35.5. The molecule has 4 aromatic rings. The first kappa shape index (κ1) is 23.1. The van der Waals surface area contributed by atoms with E-state index in [-0.39, 0.29) is 22.5 Å². The van der Waals surface area contributed by atoms with Gasteiger partial charge < -0.3 is 5.32 Å². The lowest BCUT2D eigenvalue weighted by atomic mass is 10.0. The summed E-state index contributed by atoms with van der Waals surface area (Å²) in [5.74, 6) is -0.646. The zero-order valence-electron chi connectivity index (χ0n) is 18.1. The Labute approximate surface area is 198 Å². The fourth-order valence-electron chi connectivity index (χ4n) is 3.36. The molecule has 6 nitrogen and oxygen atoms in total. The Hall–Kier alpha value is -3.04. The Morgan fingerprint density at radius 2 is 1.88 bits per heavy atom. The normalized spacial score (nSPS) is 11.2. The van der Waals surface area contributed by atoms with Crippen LogP contribution in [0.3, 0.4) is 0 Å². The second-order valence-electron chi connectivity index (χ2n) is 7.59. The fourth-order valence-corrected chi connectivity index (χ4v) is 4.18. The van der Waals surface area contributed by atoms with E-state index in [1.54, 1.807) is 35.7 Å². The number of benzene rings is 2. The molecule has 4 rings (SSSR count). The summed E-state index contributed by atoms with van der Waals surface area (Å²) in [5.41, 5.74) is 4.32. The third kappa shape index (κ3) is 5.15. The number of carbonyl (C=O) groups is 1. The van der Waals surface area contributed by atoms with Gasteiger partial charge in [0.15, 0.2) is 0 Å². The van der Waals surface area contributed by atoms with E-state index in [4.69, 9.17) is 11.6 Å². The van der Waals surface area contributed by atoms with E-state index in [0.717, 1.165) is 34.3 Å². The van der Waals surface area contributed by atoms with Gasteiger partial charge in [0.25, 0.3) is 5.78 Å². The molecule has 0 aliphatic heterocycles. The quantitative estimate of drug-likeness (QED) is 0.373. The second kappa shape index (κ2) is 9.44. The van der Waals surface area contributed by atoms with Crippen molar-refractivity contribution in [3.05, 3.63) is 81.1 Å². The molecule has 2 aromatic heterocycles. The van der Waals surface area contributed by atoms with Crippen LogP contribution in [0.15, 0.2) is 41.6 Å². The van der Waals surface area contributed by atoms with Gasteiger partial charge in [-0.25, -0.2) is 18.3 Å². The number of anilines is 1. The van der Waals surface area contributed by atoms with Gasteiger partial charge in [-0.1, -0.05) is 35.5 Å². The molecular weight excluding hydrogens is 468 g/mol. The third-order valence-electron chi connectivity index (χ3n) is 5.18. The molecule has 0 atom stereocenters. The highest BCUT2D eigenvalue weighted by molar-refractivity contribution is 7.99. The average molecular weight is 488 g/mol. The molecule has 170 valence electrons. The summed E-state index contributed by atoms with van der Waals surface area (Å²) in [4.78, 5) is 21.2. The number of aromatic nitrogens is 4. The van der Waals surface area contributed by atoms with Crippen molar-refractivity contribution in [3.63, 3.8) is 0 Å². The lowest BCUT2D eigenvalue weighted by Gasteiger charge is -2.10. The SMILES string of the molecule is Cc1ccc(NC(=O)CSc2nc3nc(C)c(Cc4ccc(F)c(Cl)c4)c(C)n3n2)cc1F. The molecule has 10 heteroatoms. The minimum Gasteiger partial charge on any atom is -0.325 e. The van der Waals surface area contributed by atoms with Crippen molar-refractivity contribution in [1.29, 1.82) is 0 Å². The zero-order valence-corrected chi connectivity index (χ0v) is 19.7. The highest BCUT2D eigenvalue weighted by Gasteiger charge is 2.16. The van der Waals surface area contributed by atoms with Crippen molar-refractivity contribution in [2.75, 3.05) is 11.1 Å². The molecular formula is C23H20ClF2N5OS. The molecule has 2 aromatic carbocycles. The largest absolute Gasteiger partial charge is 0.325 e. The van der Waals surface area contributed by atoms with E-state index in [2.05, 4.69) is 20.4 Å². The Balaban J connectivity index is 1.49. The number of hydrogen-bond acceptors (Lipinski definition) is 5. The molecule has 2 heterocycles. The van der Waals surface area contributed by atoms with E-state index in [9.17, 15) is 13.6 Å². The van der Waals surface area contributed by atoms with Gasteiger partial charge in [0, 0.05) is 23.5 Å². The molecule has 0 fully saturated rings. The van der Waals surface area contributed by atoms with Crippen LogP contribution in [-0.4, -0.2) is 31.2 Å². The molecule has 0 saturated heterocycles.